The molecule has 94 valence electrons. The van der Waals surface area contributed by atoms with Crippen molar-refractivity contribution >= 4 is 0 Å². The summed E-state index contributed by atoms with van der Waals surface area (Å²) in [5.41, 5.74) is 1.42. The van der Waals surface area contributed by atoms with Crippen molar-refractivity contribution in [3.8, 4) is 0 Å². The zero-order valence-electron chi connectivity index (χ0n) is 10.7. The smallest absolute Gasteiger partial charge is 0.0495 e. The van der Waals surface area contributed by atoms with Gasteiger partial charge in [-0.2, -0.15) is 0 Å². The van der Waals surface area contributed by atoms with Gasteiger partial charge in [-0.05, 0) is 36.8 Å². The van der Waals surface area contributed by atoms with Crippen LogP contribution >= 0.6 is 0 Å². The van der Waals surface area contributed by atoms with E-state index in [1.807, 2.05) is 0 Å². The second-order valence-electron chi connectivity index (χ2n) is 5.03. The molecule has 0 bridgehead atoms. The van der Waals surface area contributed by atoms with Crippen LogP contribution in [0.15, 0.2) is 30.3 Å². The monoisotopic (exact) mass is 233 g/mol. The van der Waals surface area contributed by atoms with Crippen LogP contribution in [0.3, 0.4) is 0 Å². The van der Waals surface area contributed by atoms with Gasteiger partial charge in [-0.25, -0.2) is 0 Å². The van der Waals surface area contributed by atoms with Gasteiger partial charge in [0, 0.05) is 19.8 Å². The van der Waals surface area contributed by atoms with Crippen LogP contribution in [-0.4, -0.2) is 26.3 Å². The molecule has 1 aromatic rings. The Balaban J connectivity index is 1.61. The number of nitrogens with one attached hydrogen (secondary N) is 1. The Hall–Kier alpha value is -0.860. The lowest BCUT2D eigenvalue weighted by Crippen LogP contribution is -2.23. The van der Waals surface area contributed by atoms with Crippen molar-refractivity contribution in [1.29, 1.82) is 0 Å². The van der Waals surface area contributed by atoms with Crippen molar-refractivity contribution < 1.29 is 4.74 Å². The maximum atomic E-state index is 5.38. The lowest BCUT2D eigenvalue weighted by atomic mass is 10.0. The summed E-state index contributed by atoms with van der Waals surface area (Å²) in [5, 5.41) is 3.55. The molecule has 0 aliphatic carbocycles. The molecule has 0 radical (unpaired) electrons. The molecule has 1 aliphatic heterocycles. The molecule has 17 heavy (non-hydrogen) atoms. The van der Waals surface area contributed by atoms with Crippen LogP contribution in [0.25, 0.3) is 0 Å². The van der Waals surface area contributed by atoms with E-state index in [0.717, 1.165) is 32.2 Å². The number of ether oxygens (including phenoxy) is 1. The molecule has 2 atom stereocenters. The van der Waals surface area contributed by atoms with Gasteiger partial charge in [-0.3, -0.25) is 0 Å². The van der Waals surface area contributed by atoms with Crippen molar-refractivity contribution in [1.82, 2.24) is 5.32 Å². The highest BCUT2D eigenvalue weighted by atomic mass is 16.5. The van der Waals surface area contributed by atoms with Gasteiger partial charge in [-0.15, -0.1) is 0 Å². The zero-order chi connectivity index (χ0) is 11.9. The fourth-order valence-corrected chi connectivity index (χ4v) is 2.34. The number of rotatable bonds is 6. The molecule has 1 aromatic carbocycles. The van der Waals surface area contributed by atoms with Crippen molar-refractivity contribution in [3.63, 3.8) is 0 Å². The summed E-state index contributed by atoms with van der Waals surface area (Å²) in [7, 11) is 0. The molecule has 2 heteroatoms. The molecule has 0 aromatic heterocycles. The Bertz CT molecular complexity index is 306. The van der Waals surface area contributed by atoms with Gasteiger partial charge in [0.15, 0.2) is 0 Å². The van der Waals surface area contributed by atoms with E-state index in [1.165, 1.54) is 18.4 Å². The third kappa shape index (κ3) is 4.14. The second-order valence-corrected chi connectivity index (χ2v) is 5.03. The topological polar surface area (TPSA) is 21.3 Å². The fourth-order valence-electron chi connectivity index (χ4n) is 2.34. The number of benzene rings is 1. The Morgan fingerprint density at radius 1 is 1.35 bits per heavy atom. The summed E-state index contributed by atoms with van der Waals surface area (Å²) in [4.78, 5) is 0. The Morgan fingerprint density at radius 3 is 2.88 bits per heavy atom. The van der Waals surface area contributed by atoms with E-state index in [2.05, 4.69) is 42.6 Å². The molecule has 1 N–H and O–H groups in total. The number of hydrogen-bond donors (Lipinski definition) is 1. The third-order valence-corrected chi connectivity index (χ3v) is 3.57. The van der Waals surface area contributed by atoms with Crippen LogP contribution in [0.5, 0.6) is 0 Å². The van der Waals surface area contributed by atoms with E-state index in [1.54, 1.807) is 0 Å². The molecular weight excluding hydrogens is 210 g/mol. The van der Waals surface area contributed by atoms with Gasteiger partial charge in [0.05, 0.1) is 0 Å². The molecule has 1 saturated heterocycles. The first-order chi connectivity index (χ1) is 8.36. The molecule has 1 aliphatic rings. The molecule has 0 spiro atoms. The molecule has 1 heterocycles. The van der Waals surface area contributed by atoms with Crippen molar-refractivity contribution in [3.05, 3.63) is 35.9 Å². The summed E-state index contributed by atoms with van der Waals surface area (Å²) in [6.07, 6.45) is 2.50. The Kier molecular flexibility index (Phi) is 5.02. The van der Waals surface area contributed by atoms with Crippen molar-refractivity contribution in [2.75, 3.05) is 26.3 Å². The first-order valence-corrected chi connectivity index (χ1v) is 6.69. The van der Waals surface area contributed by atoms with Gasteiger partial charge in [0.2, 0.25) is 0 Å². The SMILES string of the molecule is CC(CNCCC1CCOC1)c1ccccc1. The van der Waals surface area contributed by atoms with E-state index in [0.29, 0.717) is 5.92 Å². The molecule has 2 rings (SSSR count). The highest BCUT2D eigenvalue weighted by molar-refractivity contribution is 5.18. The van der Waals surface area contributed by atoms with E-state index in [4.69, 9.17) is 4.74 Å². The van der Waals surface area contributed by atoms with Crippen molar-refractivity contribution in [2.45, 2.75) is 25.7 Å². The van der Waals surface area contributed by atoms with E-state index in [9.17, 15) is 0 Å². The van der Waals surface area contributed by atoms with Crippen LogP contribution in [0, 0.1) is 5.92 Å². The predicted octanol–water partition coefficient (Wildman–Crippen LogP) is 2.81. The first kappa shape index (κ1) is 12.6. The lowest BCUT2D eigenvalue weighted by molar-refractivity contribution is 0.184. The van der Waals surface area contributed by atoms with E-state index < -0.39 is 0 Å². The summed E-state index contributed by atoms with van der Waals surface area (Å²) in [6.45, 7) is 6.39. The zero-order valence-corrected chi connectivity index (χ0v) is 10.7. The van der Waals surface area contributed by atoms with E-state index >= 15 is 0 Å². The Morgan fingerprint density at radius 2 is 2.18 bits per heavy atom. The average molecular weight is 233 g/mol. The lowest BCUT2D eigenvalue weighted by Gasteiger charge is -2.14. The number of hydrogen-bond acceptors (Lipinski definition) is 2. The van der Waals surface area contributed by atoms with Crippen LogP contribution in [0.2, 0.25) is 0 Å². The molecule has 2 unspecified atom stereocenters. The highest BCUT2D eigenvalue weighted by Crippen LogP contribution is 2.16. The second kappa shape index (κ2) is 6.77. The van der Waals surface area contributed by atoms with Gasteiger partial charge in [0.25, 0.3) is 0 Å². The Labute approximate surface area is 104 Å². The minimum atomic E-state index is 0.594. The fraction of sp³-hybridized carbons (Fsp3) is 0.600. The van der Waals surface area contributed by atoms with Gasteiger partial charge in [0.1, 0.15) is 0 Å². The van der Waals surface area contributed by atoms with Crippen LogP contribution < -0.4 is 5.32 Å². The minimum absolute atomic E-state index is 0.594. The van der Waals surface area contributed by atoms with Gasteiger partial charge < -0.3 is 10.1 Å². The molecule has 0 saturated carbocycles. The van der Waals surface area contributed by atoms with Crippen LogP contribution in [0.4, 0.5) is 0 Å². The maximum Gasteiger partial charge on any atom is 0.0495 e. The average Bonchev–Trinajstić information content (AvgIpc) is 2.88. The van der Waals surface area contributed by atoms with Crippen LogP contribution in [-0.2, 0) is 4.74 Å². The molecular formula is C15H23NO. The van der Waals surface area contributed by atoms with Crippen LogP contribution in [0.1, 0.15) is 31.2 Å². The third-order valence-electron chi connectivity index (χ3n) is 3.57. The maximum absolute atomic E-state index is 5.38. The molecule has 1 fully saturated rings. The molecule has 0 amide bonds. The minimum Gasteiger partial charge on any atom is -0.381 e. The normalized spacial score (nSPS) is 21.6. The molecule has 2 nitrogen and oxygen atoms in total. The summed E-state index contributed by atoms with van der Waals surface area (Å²) >= 11 is 0. The first-order valence-electron chi connectivity index (χ1n) is 6.69. The largest absolute Gasteiger partial charge is 0.381 e. The van der Waals surface area contributed by atoms with Gasteiger partial charge >= 0.3 is 0 Å². The highest BCUT2D eigenvalue weighted by Gasteiger charge is 2.14. The summed E-state index contributed by atoms with van der Waals surface area (Å²) < 4.78 is 5.38. The summed E-state index contributed by atoms with van der Waals surface area (Å²) in [5.74, 6) is 1.38. The summed E-state index contributed by atoms with van der Waals surface area (Å²) in [6, 6.07) is 10.7. The predicted molar refractivity (Wildman–Crippen MR) is 71.3 cm³/mol. The van der Waals surface area contributed by atoms with Crippen molar-refractivity contribution in [2.24, 2.45) is 5.92 Å². The standard InChI is InChI=1S/C15H23NO/c1-13(15-5-3-2-4-6-15)11-16-9-7-14-8-10-17-12-14/h2-6,13-14,16H,7-12H2,1H3. The quantitative estimate of drug-likeness (QED) is 0.763. The van der Waals surface area contributed by atoms with E-state index in [-0.39, 0.29) is 0 Å². The van der Waals surface area contributed by atoms with Gasteiger partial charge in [-0.1, -0.05) is 37.3 Å².